The highest BCUT2D eigenvalue weighted by atomic mass is 19.4. The first kappa shape index (κ1) is 28.1. The fraction of sp³-hybridized carbons (Fsp3) is 0.346. The molecule has 9 nitrogen and oxygen atoms in total. The monoisotopic (exact) mass is 579 g/mol. The lowest BCUT2D eigenvalue weighted by Gasteiger charge is -2.21. The number of aryl methyl sites for hydroxylation is 1. The first-order valence-electron chi connectivity index (χ1n) is 12.6. The van der Waals surface area contributed by atoms with E-state index in [9.17, 15) is 35.9 Å². The molecule has 0 saturated heterocycles. The van der Waals surface area contributed by atoms with Crippen LogP contribution in [0.4, 0.5) is 37.8 Å². The minimum absolute atomic E-state index is 0.0622. The molecule has 0 amide bonds. The van der Waals surface area contributed by atoms with Crippen molar-refractivity contribution in [2.24, 2.45) is 5.92 Å². The summed E-state index contributed by atoms with van der Waals surface area (Å²) in [4.78, 5) is 32.4. The van der Waals surface area contributed by atoms with Crippen LogP contribution < -0.4 is 22.2 Å². The third-order valence-electron chi connectivity index (χ3n) is 6.97. The molecule has 1 fully saturated rings. The number of halogens is 6. The number of nitrogens with zero attached hydrogens (tertiary/aromatic N) is 4. The van der Waals surface area contributed by atoms with Crippen molar-refractivity contribution in [3.8, 4) is 11.4 Å². The van der Waals surface area contributed by atoms with Gasteiger partial charge in [0.25, 0.3) is 17.5 Å². The Hall–Kier alpha value is -4.43. The molecule has 1 aliphatic rings. The fourth-order valence-corrected chi connectivity index (χ4v) is 4.75. The molecular weight excluding hydrogens is 556 g/mol. The third-order valence-corrected chi connectivity index (χ3v) is 6.97. The molecule has 1 aliphatic carbocycles. The van der Waals surface area contributed by atoms with Gasteiger partial charge in [0.05, 0.1) is 28.4 Å². The van der Waals surface area contributed by atoms with Gasteiger partial charge in [0, 0.05) is 25.0 Å². The zero-order chi connectivity index (χ0) is 29.5. The lowest BCUT2D eigenvalue weighted by molar-refractivity contribution is -0.138. The van der Waals surface area contributed by atoms with Gasteiger partial charge in [-0.1, -0.05) is 0 Å². The Morgan fingerprint density at radius 3 is 2.59 bits per heavy atom. The number of nitrogen functional groups attached to an aromatic ring is 1. The fourth-order valence-electron chi connectivity index (χ4n) is 4.75. The van der Waals surface area contributed by atoms with Gasteiger partial charge in [-0.05, 0) is 55.2 Å². The molecule has 1 saturated carbocycles. The highest BCUT2D eigenvalue weighted by molar-refractivity contribution is 5.86. The molecule has 0 bridgehead atoms. The predicted molar refractivity (Wildman–Crippen MR) is 138 cm³/mol. The van der Waals surface area contributed by atoms with Crippen molar-refractivity contribution in [1.82, 2.24) is 24.7 Å². The van der Waals surface area contributed by atoms with Gasteiger partial charge in [0.15, 0.2) is 5.82 Å². The second kappa shape index (κ2) is 10.9. The molecule has 3 heterocycles. The molecule has 0 aliphatic heterocycles. The number of alkyl halides is 5. The highest BCUT2D eigenvalue weighted by Crippen LogP contribution is 2.38. The zero-order valence-corrected chi connectivity index (χ0v) is 21.2. The van der Waals surface area contributed by atoms with Gasteiger partial charge in [-0.3, -0.25) is 9.59 Å². The minimum Gasteiger partial charge on any atom is -0.383 e. The van der Waals surface area contributed by atoms with E-state index in [-0.39, 0.29) is 35.3 Å². The number of aromatic amines is 1. The number of H-pyrrole nitrogens is 1. The van der Waals surface area contributed by atoms with Crippen molar-refractivity contribution >= 4 is 22.3 Å². The minimum atomic E-state index is -4.87. The Kier molecular flexibility index (Phi) is 7.44. The number of pyridine rings is 1. The summed E-state index contributed by atoms with van der Waals surface area (Å²) in [6.45, 7) is 0.206. The molecule has 1 atom stereocenters. The second-order valence-electron chi connectivity index (χ2n) is 9.78. The van der Waals surface area contributed by atoms with Crippen molar-refractivity contribution in [3.05, 3.63) is 74.4 Å². The molecule has 1 aromatic carbocycles. The standard InChI is InChI=1S/C26H23F6N7O2/c27-17-9-14-13(8-15(17)23-34-10-16(21(28)29)22(33)37-23)5-7-39(25(14)41)6-1-2-18(12-3-4-12)36-19-11-35-38-24(40)20(19)26(30,31)32/h5,7-12,18,21H,1-4,6H2,(H2,33,34,37)(H2,36,38,40)/t18-/m1/s1. The predicted octanol–water partition coefficient (Wildman–Crippen LogP) is 4.89. The molecule has 4 N–H and O–H groups in total. The van der Waals surface area contributed by atoms with Crippen LogP contribution in [0.15, 0.2) is 46.4 Å². The smallest absolute Gasteiger partial charge is 0.383 e. The Bertz CT molecular complexity index is 1720. The largest absolute Gasteiger partial charge is 0.423 e. The van der Waals surface area contributed by atoms with Gasteiger partial charge in [-0.25, -0.2) is 28.2 Å². The number of aromatic nitrogens is 5. The first-order chi connectivity index (χ1) is 19.4. The van der Waals surface area contributed by atoms with Crippen LogP contribution in [0.2, 0.25) is 0 Å². The summed E-state index contributed by atoms with van der Waals surface area (Å²) in [6, 6.07) is 3.54. The van der Waals surface area contributed by atoms with Gasteiger partial charge in [-0.2, -0.15) is 18.3 Å². The Labute approximate surface area is 227 Å². The van der Waals surface area contributed by atoms with E-state index in [4.69, 9.17) is 5.73 Å². The number of nitrogens with one attached hydrogen (secondary N) is 2. The van der Waals surface area contributed by atoms with Gasteiger partial charge in [-0.15, -0.1) is 0 Å². The van der Waals surface area contributed by atoms with Crippen LogP contribution in [0, 0.1) is 11.7 Å². The van der Waals surface area contributed by atoms with E-state index in [2.05, 4.69) is 20.4 Å². The van der Waals surface area contributed by atoms with Crippen LogP contribution >= 0.6 is 0 Å². The average Bonchev–Trinajstić information content (AvgIpc) is 3.74. The summed E-state index contributed by atoms with van der Waals surface area (Å²) in [5.74, 6) is -1.43. The summed E-state index contributed by atoms with van der Waals surface area (Å²) in [7, 11) is 0. The molecule has 216 valence electrons. The van der Waals surface area contributed by atoms with Gasteiger partial charge >= 0.3 is 6.18 Å². The number of anilines is 2. The average molecular weight is 580 g/mol. The van der Waals surface area contributed by atoms with E-state index in [1.807, 2.05) is 0 Å². The van der Waals surface area contributed by atoms with E-state index in [1.54, 1.807) is 11.2 Å². The van der Waals surface area contributed by atoms with Crippen LogP contribution in [0.1, 0.15) is 43.2 Å². The lowest BCUT2D eigenvalue weighted by Crippen LogP contribution is -2.29. The number of fused-ring (bicyclic) bond motifs is 1. The molecule has 0 radical (unpaired) electrons. The zero-order valence-electron chi connectivity index (χ0n) is 21.2. The van der Waals surface area contributed by atoms with Gasteiger partial charge < -0.3 is 15.6 Å². The lowest BCUT2D eigenvalue weighted by atomic mass is 10.0. The van der Waals surface area contributed by atoms with Crippen LogP contribution in [-0.2, 0) is 12.7 Å². The van der Waals surface area contributed by atoms with E-state index >= 15 is 0 Å². The molecule has 0 unspecified atom stereocenters. The van der Waals surface area contributed by atoms with E-state index in [1.165, 1.54) is 16.8 Å². The first-order valence-corrected chi connectivity index (χ1v) is 12.6. The van der Waals surface area contributed by atoms with Crippen molar-refractivity contribution in [2.75, 3.05) is 11.1 Å². The number of hydrogen-bond acceptors (Lipinski definition) is 7. The molecule has 3 aromatic heterocycles. The van der Waals surface area contributed by atoms with Crippen LogP contribution in [0.5, 0.6) is 0 Å². The van der Waals surface area contributed by atoms with Crippen molar-refractivity contribution in [1.29, 1.82) is 0 Å². The summed E-state index contributed by atoms with van der Waals surface area (Å²) in [5.41, 5.74) is 1.29. The van der Waals surface area contributed by atoms with Gasteiger partial charge in [0.2, 0.25) is 0 Å². The summed E-state index contributed by atoms with van der Waals surface area (Å²) in [6.07, 6.45) is -2.07. The molecule has 0 spiro atoms. The normalized spacial score (nSPS) is 14.5. The molecular formula is C26H23F6N7O2. The topological polar surface area (TPSA) is 132 Å². The maximum Gasteiger partial charge on any atom is 0.423 e. The maximum atomic E-state index is 15.0. The summed E-state index contributed by atoms with van der Waals surface area (Å²) < 4.78 is 82.6. The van der Waals surface area contributed by atoms with Crippen LogP contribution in [0.3, 0.4) is 0 Å². The van der Waals surface area contributed by atoms with Crippen molar-refractivity contribution in [3.63, 3.8) is 0 Å². The Morgan fingerprint density at radius 1 is 1.17 bits per heavy atom. The molecule has 4 aromatic rings. The second-order valence-corrected chi connectivity index (χ2v) is 9.78. The summed E-state index contributed by atoms with van der Waals surface area (Å²) in [5, 5.41) is 8.55. The Morgan fingerprint density at radius 2 is 1.93 bits per heavy atom. The maximum absolute atomic E-state index is 15.0. The number of benzene rings is 1. The van der Waals surface area contributed by atoms with Crippen molar-refractivity contribution < 1.29 is 26.3 Å². The van der Waals surface area contributed by atoms with Crippen LogP contribution in [0.25, 0.3) is 22.2 Å². The van der Waals surface area contributed by atoms with Crippen molar-refractivity contribution in [2.45, 2.75) is 50.9 Å². The SMILES string of the molecule is Nc1nc(-c2cc3ccn(CCC[C@@H](Nc4cn[nH]c(=O)c4C(F)(F)F)C4CC4)c(=O)c3cc2F)ncc1C(F)F. The number of nitrogens with two attached hydrogens (primary N) is 1. The molecule has 15 heteroatoms. The van der Waals surface area contributed by atoms with E-state index < -0.39 is 52.2 Å². The molecule has 5 rings (SSSR count). The van der Waals surface area contributed by atoms with E-state index in [0.29, 0.717) is 18.2 Å². The highest BCUT2D eigenvalue weighted by Gasteiger charge is 2.39. The van der Waals surface area contributed by atoms with E-state index in [0.717, 1.165) is 31.3 Å². The Balaban J connectivity index is 1.33. The van der Waals surface area contributed by atoms with Gasteiger partial charge in [0.1, 0.15) is 17.2 Å². The third kappa shape index (κ3) is 5.88. The molecule has 41 heavy (non-hydrogen) atoms. The number of hydrogen-bond donors (Lipinski definition) is 3. The summed E-state index contributed by atoms with van der Waals surface area (Å²) >= 11 is 0. The van der Waals surface area contributed by atoms with Crippen LogP contribution in [-0.4, -0.2) is 30.8 Å². The number of rotatable bonds is 9. The quantitative estimate of drug-likeness (QED) is 0.241.